The molecule has 0 aromatic heterocycles. The zero-order valence-corrected chi connectivity index (χ0v) is 16.5. The number of aliphatic hydroxyl groups is 2. The molecule has 0 unspecified atom stereocenters. The van der Waals surface area contributed by atoms with Gasteiger partial charge in [0.1, 0.15) is 6.10 Å². The maximum absolute atomic E-state index is 11.2. The van der Waals surface area contributed by atoms with Crippen molar-refractivity contribution in [2.75, 3.05) is 0 Å². The van der Waals surface area contributed by atoms with Gasteiger partial charge in [-0.3, -0.25) is 0 Å². The minimum absolute atomic E-state index is 0.369. The third-order valence-electron chi connectivity index (χ3n) is 4.48. The van der Waals surface area contributed by atoms with E-state index >= 15 is 0 Å². The van der Waals surface area contributed by atoms with E-state index in [1.807, 2.05) is 6.08 Å². The number of aliphatic hydroxyl groups excluding tert-OH is 2. The number of carbonyl (C=O) groups is 1. The van der Waals surface area contributed by atoms with E-state index < -0.39 is 23.4 Å². The molecule has 1 aliphatic heterocycles. The van der Waals surface area contributed by atoms with Crippen LogP contribution in [-0.2, 0) is 9.53 Å². The van der Waals surface area contributed by atoms with Crippen molar-refractivity contribution in [3.8, 4) is 0 Å². The summed E-state index contributed by atoms with van der Waals surface area (Å²) in [5.41, 5.74) is 0.0926. The van der Waals surface area contributed by atoms with Gasteiger partial charge in [-0.05, 0) is 32.1 Å². The van der Waals surface area contributed by atoms with Crippen LogP contribution in [0.3, 0.4) is 0 Å². The van der Waals surface area contributed by atoms with Crippen LogP contribution in [0.15, 0.2) is 59.9 Å². The summed E-state index contributed by atoms with van der Waals surface area (Å²) in [5, 5.41) is 19.5. The van der Waals surface area contributed by atoms with Gasteiger partial charge < -0.3 is 14.9 Å². The average Bonchev–Trinajstić information content (AvgIpc) is 2.84. The Labute approximate surface area is 157 Å². The predicted octanol–water partition coefficient (Wildman–Crippen LogP) is 4.79. The Morgan fingerprint density at radius 3 is 2.38 bits per heavy atom. The fourth-order valence-electron chi connectivity index (χ4n) is 2.56. The highest BCUT2D eigenvalue weighted by Gasteiger charge is 2.41. The fraction of sp³-hybridized carbons (Fsp3) is 0.500. The minimum atomic E-state index is -1.22. The van der Waals surface area contributed by atoms with Gasteiger partial charge in [-0.15, -0.1) is 0 Å². The first-order chi connectivity index (χ1) is 12.2. The molecule has 1 rings (SSSR count). The summed E-state index contributed by atoms with van der Waals surface area (Å²) in [6, 6.07) is 0. The van der Waals surface area contributed by atoms with E-state index in [2.05, 4.69) is 52.0 Å². The molecular formula is C22H32O4. The Morgan fingerprint density at radius 1 is 1.19 bits per heavy atom. The molecule has 26 heavy (non-hydrogen) atoms. The number of carbonyl (C=O) groups excluding carboxylic acids is 1. The molecular weight excluding hydrogens is 328 g/mol. The summed E-state index contributed by atoms with van der Waals surface area (Å²) >= 11 is 0. The lowest BCUT2D eigenvalue weighted by Crippen LogP contribution is -2.37. The normalized spacial score (nSPS) is 25.1. The number of esters is 1. The van der Waals surface area contributed by atoms with E-state index in [1.54, 1.807) is 19.1 Å². The predicted molar refractivity (Wildman–Crippen MR) is 106 cm³/mol. The molecule has 0 saturated carbocycles. The first kappa shape index (κ1) is 22.0. The Morgan fingerprint density at radius 2 is 1.81 bits per heavy atom. The zero-order valence-electron chi connectivity index (χ0n) is 16.5. The van der Waals surface area contributed by atoms with Crippen LogP contribution in [0.4, 0.5) is 0 Å². The molecule has 2 N–H and O–H groups in total. The highest BCUT2D eigenvalue weighted by Crippen LogP contribution is 2.27. The van der Waals surface area contributed by atoms with Crippen LogP contribution in [-0.4, -0.2) is 27.9 Å². The number of cyclic esters (lactones) is 1. The van der Waals surface area contributed by atoms with Crippen molar-refractivity contribution < 1.29 is 19.7 Å². The molecule has 1 heterocycles. The topological polar surface area (TPSA) is 66.8 Å². The van der Waals surface area contributed by atoms with E-state index in [0.29, 0.717) is 11.8 Å². The van der Waals surface area contributed by atoms with Crippen molar-refractivity contribution >= 4 is 5.97 Å². The SMILES string of the molecule is CC[C@H](C)/C=C/C=C(\C)C[C@@H](C)/C=C/C=C[C@H](O)[C@]1(C)C=C(O)C(=O)O1. The lowest BCUT2D eigenvalue weighted by atomic mass is 9.98. The average molecular weight is 360 g/mol. The molecule has 4 atom stereocenters. The molecule has 0 spiro atoms. The Kier molecular flexibility index (Phi) is 8.59. The Bertz CT molecular complexity index is 624. The molecule has 0 amide bonds. The lowest BCUT2D eigenvalue weighted by Gasteiger charge is -2.24. The fourth-order valence-corrected chi connectivity index (χ4v) is 2.56. The molecule has 1 aliphatic rings. The van der Waals surface area contributed by atoms with Crippen molar-refractivity contribution in [1.82, 2.24) is 0 Å². The maximum atomic E-state index is 11.2. The minimum Gasteiger partial charge on any atom is -0.502 e. The number of hydrogen-bond acceptors (Lipinski definition) is 4. The molecule has 144 valence electrons. The summed E-state index contributed by atoms with van der Waals surface area (Å²) in [4.78, 5) is 11.2. The van der Waals surface area contributed by atoms with Crippen LogP contribution in [0.5, 0.6) is 0 Å². The second-order valence-electron chi connectivity index (χ2n) is 7.28. The molecule has 0 aromatic carbocycles. The summed E-state index contributed by atoms with van der Waals surface area (Å²) in [5.74, 6) is -0.304. The second kappa shape index (κ2) is 10.2. The van der Waals surface area contributed by atoms with Gasteiger partial charge >= 0.3 is 5.97 Å². The van der Waals surface area contributed by atoms with Crippen LogP contribution in [0, 0.1) is 11.8 Å². The number of rotatable bonds is 9. The Balaban J connectivity index is 2.50. The van der Waals surface area contributed by atoms with Crippen LogP contribution >= 0.6 is 0 Å². The maximum Gasteiger partial charge on any atom is 0.374 e. The third kappa shape index (κ3) is 7.04. The third-order valence-corrected chi connectivity index (χ3v) is 4.48. The van der Waals surface area contributed by atoms with Gasteiger partial charge in [0.15, 0.2) is 5.60 Å². The quantitative estimate of drug-likeness (QED) is 0.458. The first-order valence-corrected chi connectivity index (χ1v) is 9.20. The van der Waals surface area contributed by atoms with Crippen molar-refractivity contribution in [3.05, 3.63) is 59.9 Å². The summed E-state index contributed by atoms with van der Waals surface area (Å²) in [6.45, 7) is 10.2. The highest BCUT2D eigenvalue weighted by atomic mass is 16.6. The van der Waals surface area contributed by atoms with Crippen LogP contribution in [0.1, 0.15) is 47.5 Å². The van der Waals surface area contributed by atoms with Crippen molar-refractivity contribution in [1.29, 1.82) is 0 Å². The molecule has 4 nitrogen and oxygen atoms in total. The van der Waals surface area contributed by atoms with Crippen LogP contribution in [0.2, 0.25) is 0 Å². The molecule has 0 aromatic rings. The summed E-state index contributed by atoms with van der Waals surface area (Å²) in [6.07, 6.45) is 16.0. The summed E-state index contributed by atoms with van der Waals surface area (Å²) in [7, 11) is 0. The molecule has 0 fully saturated rings. The monoisotopic (exact) mass is 360 g/mol. The molecule has 0 saturated heterocycles. The van der Waals surface area contributed by atoms with Gasteiger partial charge in [0.2, 0.25) is 5.76 Å². The van der Waals surface area contributed by atoms with Crippen molar-refractivity contribution in [2.24, 2.45) is 11.8 Å². The molecule has 0 aliphatic carbocycles. The van der Waals surface area contributed by atoms with Gasteiger partial charge in [-0.2, -0.15) is 0 Å². The Hall–Kier alpha value is -2.07. The van der Waals surface area contributed by atoms with E-state index in [-0.39, 0.29) is 0 Å². The van der Waals surface area contributed by atoms with Crippen LogP contribution in [0.25, 0.3) is 0 Å². The molecule has 4 heteroatoms. The van der Waals surface area contributed by atoms with E-state index in [1.165, 1.54) is 11.6 Å². The van der Waals surface area contributed by atoms with Crippen molar-refractivity contribution in [2.45, 2.75) is 59.2 Å². The number of ether oxygens (including phenoxy) is 1. The van der Waals surface area contributed by atoms with Gasteiger partial charge in [-0.1, -0.05) is 75.3 Å². The van der Waals surface area contributed by atoms with Crippen LogP contribution < -0.4 is 0 Å². The van der Waals surface area contributed by atoms with Gasteiger partial charge in [0, 0.05) is 6.08 Å². The van der Waals surface area contributed by atoms with E-state index in [9.17, 15) is 15.0 Å². The van der Waals surface area contributed by atoms with E-state index in [4.69, 9.17) is 4.74 Å². The van der Waals surface area contributed by atoms with E-state index in [0.717, 1.165) is 12.8 Å². The highest BCUT2D eigenvalue weighted by molar-refractivity contribution is 5.89. The first-order valence-electron chi connectivity index (χ1n) is 9.20. The second-order valence-corrected chi connectivity index (χ2v) is 7.28. The lowest BCUT2D eigenvalue weighted by molar-refractivity contribution is -0.153. The zero-order chi connectivity index (χ0) is 19.7. The molecule has 0 radical (unpaired) electrons. The number of allylic oxidation sites excluding steroid dienone is 7. The standard InChI is InChI=1S/C22H32O4/c1-6-16(2)11-9-12-18(4)14-17(3)10-7-8-13-20(24)22(5)15-19(23)21(25)26-22/h7-13,15-17,20,23-24H,6,14H2,1-5H3/b10-7+,11-9+,13-8?,18-12+/t16-,17-,20-,22-/m0/s1. The largest absolute Gasteiger partial charge is 0.502 e. The van der Waals surface area contributed by atoms with Crippen molar-refractivity contribution in [3.63, 3.8) is 0 Å². The smallest absolute Gasteiger partial charge is 0.374 e. The van der Waals surface area contributed by atoms with Gasteiger partial charge in [-0.25, -0.2) is 4.79 Å². The molecule has 0 bridgehead atoms. The summed E-state index contributed by atoms with van der Waals surface area (Å²) < 4.78 is 5.00. The van der Waals surface area contributed by atoms with Gasteiger partial charge in [0.25, 0.3) is 0 Å². The van der Waals surface area contributed by atoms with Gasteiger partial charge in [0.05, 0.1) is 0 Å². The number of hydrogen-bond donors (Lipinski definition) is 2.